The van der Waals surface area contributed by atoms with Crippen LogP contribution in [-0.4, -0.2) is 47.2 Å². The Hall–Kier alpha value is -3.54. The summed E-state index contributed by atoms with van der Waals surface area (Å²) in [6.45, 7) is 3.35. The zero-order chi connectivity index (χ0) is 27.8. The van der Waals surface area contributed by atoms with Crippen molar-refractivity contribution in [3.05, 3.63) is 70.4 Å². The minimum Gasteiger partial charge on any atom is -0.387 e. The molecule has 11 heteroatoms. The Morgan fingerprint density at radius 2 is 1.95 bits per heavy atom. The van der Waals surface area contributed by atoms with Crippen LogP contribution in [0.4, 0.5) is 24.5 Å². The number of halogens is 3. The molecule has 8 nitrogen and oxygen atoms in total. The van der Waals surface area contributed by atoms with Crippen molar-refractivity contribution in [2.24, 2.45) is 11.7 Å². The van der Waals surface area contributed by atoms with Crippen molar-refractivity contribution in [1.29, 1.82) is 0 Å². The highest BCUT2D eigenvalue weighted by molar-refractivity contribution is 6.05. The number of benzene rings is 1. The molecule has 3 aromatic rings. The largest absolute Gasteiger partial charge is 0.387 e. The van der Waals surface area contributed by atoms with E-state index < -0.39 is 40.7 Å². The lowest BCUT2D eigenvalue weighted by atomic mass is 9.95. The first-order valence-electron chi connectivity index (χ1n) is 12.8. The monoisotopic (exact) mass is 541 g/mol. The molecular weight excluding hydrogens is 511 g/mol. The van der Waals surface area contributed by atoms with Crippen molar-refractivity contribution in [3.8, 4) is 11.3 Å². The number of hydrogen-bond donors (Lipinski definition) is 3. The average Bonchev–Trinajstić information content (AvgIpc) is 3.24. The molecule has 206 valence electrons. The molecule has 1 fully saturated rings. The number of aliphatic hydroxyl groups is 1. The Bertz CT molecular complexity index is 1390. The van der Waals surface area contributed by atoms with E-state index in [0.29, 0.717) is 43.2 Å². The van der Waals surface area contributed by atoms with Gasteiger partial charge >= 0.3 is 0 Å². The fourth-order valence-electron chi connectivity index (χ4n) is 5.58. The number of rotatable bonds is 6. The van der Waals surface area contributed by atoms with E-state index in [1.165, 1.54) is 13.3 Å². The van der Waals surface area contributed by atoms with Gasteiger partial charge < -0.3 is 25.8 Å². The maximum atomic E-state index is 14.8. The number of methoxy groups -OCH3 is 1. The number of aliphatic hydroxyl groups excluding tert-OH is 1. The number of fused-ring (bicyclic) bond motifs is 1. The lowest BCUT2D eigenvalue weighted by Crippen LogP contribution is -2.47. The summed E-state index contributed by atoms with van der Waals surface area (Å²) in [5, 5.41) is 13.2. The van der Waals surface area contributed by atoms with Crippen LogP contribution in [-0.2, 0) is 17.8 Å². The van der Waals surface area contributed by atoms with Crippen LogP contribution in [0.1, 0.15) is 53.2 Å². The zero-order valence-electron chi connectivity index (χ0n) is 21.7. The van der Waals surface area contributed by atoms with E-state index in [4.69, 9.17) is 10.5 Å². The minimum atomic E-state index is -1.02. The number of carbonyl (C=O) groups is 1. The number of nitrogens with one attached hydrogen (secondary N) is 1. The molecule has 1 aliphatic carbocycles. The van der Waals surface area contributed by atoms with Gasteiger partial charge in [0.15, 0.2) is 0 Å². The van der Waals surface area contributed by atoms with Gasteiger partial charge in [-0.15, -0.1) is 0 Å². The first-order valence-corrected chi connectivity index (χ1v) is 12.8. The second kappa shape index (κ2) is 10.9. The van der Waals surface area contributed by atoms with E-state index in [9.17, 15) is 23.1 Å². The van der Waals surface area contributed by atoms with E-state index in [-0.39, 0.29) is 23.9 Å². The molecule has 1 amide bonds. The number of nitrogens with zero attached hydrogens (tertiary/aromatic N) is 3. The third-order valence-corrected chi connectivity index (χ3v) is 7.15. The molecule has 0 saturated carbocycles. The normalized spacial score (nSPS) is 20.7. The van der Waals surface area contributed by atoms with Gasteiger partial charge in [0.05, 0.1) is 41.5 Å². The SMILES string of the molecule is COCc1cc(F)c(-c2nc(C(=O)Nc3cnc4c(c3N3C[C@H](C)C[C@H](N)C3)CC[C@H]4O)ccc2F)c(F)c1. The van der Waals surface area contributed by atoms with Crippen molar-refractivity contribution >= 4 is 17.3 Å². The van der Waals surface area contributed by atoms with Crippen molar-refractivity contribution in [2.75, 3.05) is 30.4 Å². The molecule has 0 bridgehead atoms. The minimum absolute atomic E-state index is 0.0264. The smallest absolute Gasteiger partial charge is 0.274 e. The highest BCUT2D eigenvalue weighted by Gasteiger charge is 2.32. The summed E-state index contributed by atoms with van der Waals surface area (Å²) < 4.78 is 49.3. The van der Waals surface area contributed by atoms with E-state index >= 15 is 0 Å². The van der Waals surface area contributed by atoms with Gasteiger partial charge in [-0.1, -0.05) is 6.92 Å². The van der Waals surface area contributed by atoms with Crippen LogP contribution >= 0.6 is 0 Å². The summed E-state index contributed by atoms with van der Waals surface area (Å²) in [7, 11) is 1.39. The standard InChI is InChI=1S/C28H30F3N5O3/c1-14-7-16(32)12-36(11-14)27-17-3-6-23(37)25(17)33-10-22(27)35-28(38)21-5-4-18(29)26(34-21)24-19(30)8-15(13-39-2)9-20(24)31/h4-5,8-10,14,16,23,37H,3,6-7,11-13,32H2,1-2H3,(H,35,38)/t14-,16+,23-/m1/s1. The summed E-state index contributed by atoms with van der Waals surface area (Å²) in [4.78, 5) is 23.8. The molecule has 5 rings (SSSR count). The predicted octanol–water partition coefficient (Wildman–Crippen LogP) is 4.11. The van der Waals surface area contributed by atoms with Gasteiger partial charge in [0.2, 0.25) is 0 Å². The number of nitrogens with two attached hydrogens (primary N) is 1. The number of pyridine rings is 2. The van der Waals surface area contributed by atoms with E-state index in [0.717, 1.165) is 41.9 Å². The van der Waals surface area contributed by atoms with Gasteiger partial charge in [-0.25, -0.2) is 18.2 Å². The molecule has 0 spiro atoms. The zero-order valence-corrected chi connectivity index (χ0v) is 21.7. The van der Waals surface area contributed by atoms with Crippen molar-refractivity contribution in [2.45, 2.75) is 44.9 Å². The Kier molecular flexibility index (Phi) is 7.57. The number of amides is 1. The Morgan fingerprint density at radius 1 is 1.21 bits per heavy atom. The van der Waals surface area contributed by atoms with Crippen LogP contribution in [0.2, 0.25) is 0 Å². The van der Waals surface area contributed by atoms with Gasteiger partial charge in [-0.3, -0.25) is 9.78 Å². The van der Waals surface area contributed by atoms with Gasteiger partial charge in [0.25, 0.3) is 5.91 Å². The lowest BCUT2D eigenvalue weighted by molar-refractivity contribution is 0.102. The molecule has 1 aliphatic heterocycles. The molecule has 39 heavy (non-hydrogen) atoms. The third-order valence-electron chi connectivity index (χ3n) is 7.15. The van der Waals surface area contributed by atoms with Crippen LogP contribution < -0.4 is 16.0 Å². The summed E-state index contributed by atoms with van der Waals surface area (Å²) in [5.74, 6) is -3.41. The molecule has 2 aliphatic rings. The molecule has 0 radical (unpaired) electrons. The van der Waals surface area contributed by atoms with E-state index in [2.05, 4.69) is 27.1 Å². The highest BCUT2D eigenvalue weighted by Crippen LogP contribution is 2.41. The summed E-state index contributed by atoms with van der Waals surface area (Å²) >= 11 is 0. The Balaban J connectivity index is 1.50. The third kappa shape index (κ3) is 5.34. The molecule has 2 aromatic heterocycles. The highest BCUT2D eigenvalue weighted by atomic mass is 19.1. The molecule has 1 aromatic carbocycles. The number of aromatic nitrogens is 2. The van der Waals surface area contributed by atoms with E-state index in [1.54, 1.807) is 0 Å². The second-order valence-corrected chi connectivity index (χ2v) is 10.3. The van der Waals surface area contributed by atoms with Crippen LogP contribution in [0.25, 0.3) is 11.3 Å². The first-order chi connectivity index (χ1) is 18.7. The van der Waals surface area contributed by atoms with Gasteiger partial charge in [-0.05, 0) is 55.0 Å². The topological polar surface area (TPSA) is 114 Å². The molecule has 3 atom stereocenters. The number of anilines is 2. The van der Waals surface area contributed by atoms with Gasteiger partial charge in [0.1, 0.15) is 28.8 Å². The van der Waals surface area contributed by atoms with Crippen molar-refractivity contribution < 1.29 is 27.8 Å². The maximum Gasteiger partial charge on any atom is 0.274 e. The number of hydrogen-bond acceptors (Lipinski definition) is 7. The summed E-state index contributed by atoms with van der Waals surface area (Å²) in [6, 6.07) is 4.11. The number of carbonyl (C=O) groups excluding carboxylic acids is 1. The quantitative estimate of drug-likeness (QED) is 0.430. The molecule has 1 saturated heterocycles. The number of piperidine rings is 1. The fraction of sp³-hybridized carbons (Fsp3) is 0.393. The van der Waals surface area contributed by atoms with E-state index in [1.807, 2.05) is 0 Å². The van der Waals surface area contributed by atoms with Crippen LogP contribution in [0.3, 0.4) is 0 Å². The van der Waals surface area contributed by atoms with Crippen molar-refractivity contribution in [3.63, 3.8) is 0 Å². The second-order valence-electron chi connectivity index (χ2n) is 10.3. The molecule has 4 N–H and O–H groups in total. The molecule has 0 unspecified atom stereocenters. The fourth-order valence-corrected chi connectivity index (χ4v) is 5.58. The lowest BCUT2D eigenvalue weighted by Gasteiger charge is -2.38. The van der Waals surface area contributed by atoms with Crippen LogP contribution in [0.5, 0.6) is 0 Å². The maximum absolute atomic E-state index is 14.8. The average molecular weight is 542 g/mol. The van der Waals surface area contributed by atoms with Crippen LogP contribution in [0, 0.1) is 23.4 Å². The van der Waals surface area contributed by atoms with Crippen LogP contribution in [0.15, 0.2) is 30.5 Å². The summed E-state index contributed by atoms with van der Waals surface area (Å²) in [6.07, 6.45) is 2.75. The Morgan fingerprint density at radius 3 is 2.64 bits per heavy atom. The molecular formula is C28H30F3N5O3. The van der Waals surface area contributed by atoms with Crippen molar-refractivity contribution in [1.82, 2.24) is 9.97 Å². The van der Waals surface area contributed by atoms with Gasteiger partial charge in [-0.2, -0.15) is 0 Å². The summed E-state index contributed by atoms with van der Waals surface area (Å²) in [5.41, 5.74) is 7.54. The number of ether oxygens (including phenoxy) is 1. The predicted molar refractivity (Wildman–Crippen MR) is 140 cm³/mol. The first kappa shape index (κ1) is 27.0. The van der Waals surface area contributed by atoms with Gasteiger partial charge in [0, 0.05) is 31.8 Å². The molecule has 3 heterocycles. The Labute approximate surface area is 224 Å².